The number of hydrogen-bond donors (Lipinski definition) is 1. The lowest BCUT2D eigenvalue weighted by Gasteiger charge is -2.40. The van der Waals surface area contributed by atoms with Crippen LogP contribution in [-0.2, 0) is 11.2 Å². The van der Waals surface area contributed by atoms with E-state index in [1.54, 1.807) is 46.2 Å². The zero-order chi connectivity index (χ0) is 25.2. The van der Waals surface area contributed by atoms with E-state index >= 15 is 0 Å². The number of rotatable bonds is 8. The summed E-state index contributed by atoms with van der Waals surface area (Å²) in [6, 6.07) is 20.5. The van der Waals surface area contributed by atoms with E-state index in [2.05, 4.69) is 5.32 Å². The van der Waals surface area contributed by atoms with Crippen molar-refractivity contribution in [2.75, 3.05) is 32.2 Å². The summed E-state index contributed by atoms with van der Waals surface area (Å²) in [5.41, 5.74) is 3.11. The minimum atomic E-state index is -0.674. The number of benzene rings is 3. The molecule has 0 saturated carbocycles. The van der Waals surface area contributed by atoms with Crippen LogP contribution in [0.5, 0.6) is 11.5 Å². The Kier molecular flexibility index (Phi) is 6.33. The number of fused-ring (bicyclic) bond motifs is 5. The van der Waals surface area contributed by atoms with Gasteiger partial charge in [-0.2, -0.15) is 0 Å². The van der Waals surface area contributed by atoms with Gasteiger partial charge < -0.3 is 19.7 Å². The number of anilines is 1. The first-order valence-corrected chi connectivity index (χ1v) is 11.8. The highest BCUT2D eigenvalue weighted by molar-refractivity contribution is 6.18. The number of carbonyl (C=O) groups is 3. The van der Waals surface area contributed by atoms with E-state index in [0.29, 0.717) is 40.4 Å². The van der Waals surface area contributed by atoms with Crippen LogP contribution in [0.4, 0.5) is 5.69 Å². The SMILES string of the molecule is COc1ccc2c(c1OC)C(=O)N1c3ccccc3C(=O)N(CCC(=O)NCCc3ccccc3)[C@@H]21. The van der Waals surface area contributed by atoms with E-state index in [-0.39, 0.29) is 30.7 Å². The van der Waals surface area contributed by atoms with Crippen molar-refractivity contribution in [1.29, 1.82) is 0 Å². The molecule has 2 aliphatic rings. The van der Waals surface area contributed by atoms with Gasteiger partial charge in [0, 0.05) is 25.1 Å². The monoisotopic (exact) mass is 485 g/mol. The lowest BCUT2D eigenvalue weighted by molar-refractivity contribution is -0.121. The number of para-hydroxylation sites is 1. The number of ether oxygens (including phenoxy) is 2. The second-order valence-electron chi connectivity index (χ2n) is 8.67. The standard InChI is InChI=1S/C28H27N3O5/c1-35-22-13-12-20-24(25(22)36-2)28(34)31-21-11-7-6-10-19(21)27(33)30(26(20)31)17-15-23(32)29-16-14-18-8-4-3-5-9-18/h3-13,26H,14-17H2,1-2H3,(H,29,32)/t26-/m1/s1. The van der Waals surface area contributed by atoms with Crippen molar-refractivity contribution >= 4 is 23.4 Å². The quantitative estimate of drug-likeness (QED) is 0.527. The van der Waals surface area contributed by atoms with Crippen molar-refractivity contribution in [3.05, 3.63) is 89.0 Å². The highest BCUT2D eigenvalue weighted by Crippen LogP contribution is 2.49. The van der Waals surface area contributed by atoms with Gasteiger partial charge in [-0.05, 0) is 30.2 Å². The molecule has 3 aromatic rings. The molecule has 2 heterocycles. The maximum absolute atomic E-state index is 13.7. The second kappa shape index (κ2) is 9.73. The Morgan fingerprint density at radius 1 is 0.917 bits per heavy atom. The van der Waals surface area contributed by atoms with E-state index < -0.39 is 6.17 Å². The Morgan fingerprint density at radius 2 is 1.67 bits per heavy atom. The summed E-state index contributed by atoms with van der Waals surface area (Å²) in [5, 5.41) is 2.93. The zero-order valence-electron chi connectivity index (χ0n) is 20.2. The van der Waals surface area contributed by atoms with Crippen LogP contribution in [0.3, 0.4) is 0 Å². The lowest BCUT2D eigenvalue weighted by atomic mass is 10.0. The molecule has 0 fully saturated rings. The number of nitrogens with zero attached hydrogens (tertiary/aromatic N) is 2. The summed E-state index contributed by atoms with van der Waals surface area (Å²) in [5.74, 6) is 0.120. The smallest absolute Gasteiger partial charge is 0.264 e. The van der Waals surface area contributed by atoms with E-state index in [4.69, 9.17) is 9.47 Å². The Bertz CT molecular complexity index is 1320. The summed E-state index contributed by atoms with van der Waals surface area (Å²) in [6.45, 7) is 0.667. The third-order valence-electron chi connectivity index (χ3n) is 6.64. The lowest BCUT2D eigenvalue weighted by Crippen LogP contribution is -2.49. The van der Waals surface area contributed by atoms with E-state index in [1.165, 1.54) is 14.2 Å². The molecule has 2 aliphatic heterocycles. The fourth-order valence-corrected chi connectivity index (χ4v) is 4.95. The van der Waals surface area contributed by atoms with Crippen LogP contribution in [0.25, 0.3) is 0 Å². The molecule has 0 aliphatic carbocycles. The van der Waals surface area contributed by atoms with Gasteiger partial charge in [-0.15, -0.1) is 0 Å². The molecule has 0 radical (unpaired) electrons. The molecule has 0 unspecified atom stereocenters. The van der Waals surface area contributed by atoms with Crippen molar-refractivity contribution in [3.63, 3.8) is 0 Å². The van der Waals surface area contributed by atoms with Crippen LogP contribution in [-0.4, -0.2) is 49.9 Å². The average Bonchev–Trinajstić information content (AvgIpc) is 3.21. The first-order valence-electron chi connectivity index (χ1n) is 11.8. The van der Waals surface area contributed by atoms with Crippen molar-refractivity contribution in [1.82, 2.24) is 10.2 Å². The second-order valence-corrected chi connectivity index (χ2v) is 8.67. The maximum atomic E-state index is 13.7. The zero-order valence-corrected chi connectivity index (χ0v) is 20.2. The predicted octanol–water partition coefficient (Wildman–Crippen LogP) is 3.57. The molecule has 0 spiro atoms. The van der Waals surface area contributed by atoms with Crippen molar-refractivity contribution in [2.24, 2.45) is 0 Å². The highest BCUT2D eigenvalue weighted by Gasteiger charge is 2.49. The number of amides is 3. The topological polar surface area (TPSA) is 88.2 Å². The number of hydrogen-bond acceptors (Lipinski definition) is 5. The molecule has 3 amide bonds. The minimum Gasteiger partial charge on any atom is -0.493 e. The summed E-state index contributed by atoms with van der Waals surface area (Å²) in [6.07, 6.45) is 0.165. The molecule has 184 valence electrons. The Hall–Kier alpha value is -4.33. The molecule has 1 atom stereocenters. The third kappa shape index (κ3) is 3.94. The van der Waals surface area contributed by atoms with Gasteiger partial charge in [0.15, 0.2) is 11.5 Å². The molecule has 3 aromatic carbocycles. The predicted molar refractivity (Wildman–Crippen MR) is 134 cm³/mol. The van der Waals surface area contributed by atoms with E-state index in [9.17, 15) is 14.4 Å². The van der Waals surface area contributed by atoms with Gasteiger partial charge in [0.25, 0.3) is 11.8 Å². The van der Waals surface area contributed by atoms with Crippen LogP contribution >= 0.6 is 0 Å². The number of methoxy groups -OCH3 is 2. The average molecular weight is 486 g/mol. The molecule has 5 rings (SSSR count). The first kappa shape index (κ1) is 23.4. The highest BCUT2D eigenvalue weighted by atomic mass is 16.5. The van der Waals surface area contributed by atoms with E-state index in [1.807, 2.05) is 30.3 Å². The van der Waals surface area contributed by atoms with Crippen LogP contribution < -0.4 is 19.7 Å². The number of carbonyl (C=O) groups excluding carboxylic acids is 3. The Balaban J connectivity index is 1.41. The van der Waals surface area contributed by atoms with Crippen molar-refractivity contribution in [2.45, 2.75) is 19.0 Å². The minimum absolute atomic E-state index is 0.115. The van der Waals surface area contributed by atoms with Gasteiger partial charge in [0.1, 0.15) is 6.17 Å². The molecule has 0 aromatic heterocycles. The molecular weight excluding hydrogens is 458 g/mol. The molecule has 36 heavy (non-hydrogen) atoms. The third-order valence-corrected chi connectivity index (χ3v) is 6.64. The van der Waals surface area contributed by atoms with Crippen LogP contribution in [0.1, 0.15) is 44.4 Å². The first-order chi connectivity index (χ1) is 17.5. The number of nitrogens with one attached hydrogen (secondary N) is 1. The largest absolute Gasteiger partial charge is 0.493 e. The molecule has 8 heteroatoms. The van der Waals surface area contributed by atoms with E-state index in [0.717, 1.165) is 12.0 Å². The molecule has 0 bridgehead atoms. The Morgan fingerprint density at radius 3 is 2.42 bits per heavy atom. The van der Waals surface area contributed by atoms with Gasteiger partial charge in [-0.1, -0.05) is 48.5 Å². The summed E-state index contributed by atoms with van der Waals surface area (Å²) in [7, 11) is 3.00. The van der Waals surface area contributed by atoms with Crippen LogP contribution in [0.15, 0.2) is 66.7 Å². The molecular formula is C28H27N3O5. The van der Waals surface area contributed by atoms with Crippen molar-refractivity contribution < 1.29 is 23.9 Å². The Labute approximate surface area is 209 Å². The van der Waals surface area contributed by atoms with Crippen LogP contribution in [0.2, 0.25) is 0 Å². The summed E-state index contributed by atoms with van der Waals surface area (Å²) >= 11 is 0. The maximum Gasteiger partial charge on any atom is 0.264 e. The van der Waals surface area contributed by atoms with Gasteiger partial charge >= 0.3 is 0 Å². The fraction of sp³-hybridized carbons (Fsp3) is 0.250. The van der Waals surface area contributed by atoms with Crippen molar-refractivity contribution in [3.8, 4) is 11.5 Å². The van der Waals surface area contributed by atoms with Gasteiger partial charge in [0.05, 0.1) is 31.0 Å². The molecule has 1 N–H and O–H groups in total. The van der Waals surface area contributed by atoms with Crippen LogP contribution in [0, 0.1) is 0 Å². The fourth-order valence-electron chi connectivity index (χ4n) is 4.95. The molecule has 0 saturated heterocycles. The normalized spacial score (nSPS) is 15.8. The van der Waals surface area contributed by atoms with Gasteiger partial charge in [0.2, 0.25) is 5.91 Å². The summed E-state index contributed by atoms with van der Waals surface area (Å²) in [4.78, 5) is 43.1. The van der Waals surface area contributed by atoms with Gasteiger partial charge in [-0.3, -0.25) is 19.3 Å². The molecule has 8 nitrogen and oxygen atoms in total. The summed E-state index contributed by atoms with van der Waals surface area (Å²) < 4.78 is 10.9. The van der Waals surface area contributed by atoms with Gasteiger partial charge in [-0.25, -0.2) is 0 Å².